The van der Waals surface area contributed by atoms with Crippen LogP contribution in [-0.2, 0) is 11.2 Å². The van der Waals surface area contributed by atoms with E-state index < -0.39 is 6.04 Å². The summed E-state index contributed by atoms with van der Waals surface area (Å²) < 4.78 is 0. The van der Waals surface area contributed by atoms with Crippen LogP contribution in [0.4, 0.5) is 0 Å². The molecule has 74 valence electrons. The maximum atomic E-state index is 11.0. The number of nitrogens with zero attached hydrogens (tertiary/aromatic N) is 1. The summed E-state index contributed by atoms with van der Waals surface area (Å²) in [5.41, 5.74) is 6.54. The SMILES string of the molecule is C=NC(=O)[C@@H](N)Cc1ccc(Cl)cc1. The van der Waals surface area contributed by atoms with Crippen molar-refractivity contribution in [1.29, 1.82) is 0 Å². The number of aliphatic imine (C=N–C) groups is 1. The molecule has 1 atom stereocenters. The van der Waals surface area contributed by atoms with Gasteiger partial charge in [0, 0.05) is 5.02 Å². The zero-order valence-corrected chi connectivity index (χ0v) is 8.37. The standard InChI is InChI=1S/C10H11ClN2O/c1-13-10(14)9(12)6-7-2-4-8(11)5-3-7/h2-5,9H,1,6,12H2/t9-/m0/s1. The number of amides is 1. The number of benzene rings is 1. The Morgan fingerprint density at radius 1 is 1.50 bits per heavy atom. The summed E-state index contributed by atoms with van der Waals surface area (Å²) in [6.45, 7) is 3.14. The molecule has 0 heterocycles. The van der Waals surface area contributed by atoms with Gasteiger partial charge in [0.05, 0.1) is 6.04 Å². The van der Waals surface area contributed by atoms with E-state index in [4.69, 9.17) is 17.3 Å². The first-order chi connectivity index (χ1) is 6.63. The van der Waals surface area contributed by atoms with Crippen LogP contribution in [0.25, 0.3) is 0 Å². The molecule has 1 rings (SSSR count). The Morgan fingerprint density at radius 3 is 2.57 bits per heavy atom. The second-order valence-corrected chi connectivity index (χ2v) is 3.37. The zero-order chi connectivity index (χ0) is 10.6. The van der Waals surface area contributed by atoms with Gasteiger partial charge < -0.3 is 5.73 Å². The molecule has 1 amide bonds. The molecule has 0 spiro atoms. The predicted molar refractivity (Wildman–Crippen MR) is 57.7 cm³/mol. The molecule has 0 saturated carbocycles. The third-order valence-electron chi connectivity index (χ3n) is 1.84. The fourth-order valence-electron chi connectivity index (χ4n) is 1.08. The largest absolute Gasteiger partial charge is 0.320 e. The first-order valence-electron chi connectivity index (χ1n) is 4.14. The van der Waals surface area contributed by atoms with Gasteiger partial charge >= 0.3 is 0 Å². The molecule has 0 aromatic heterocycles. The molecule has 0 saturated heterocycles. The van der Waals surface area contributed by atoms with E-state index in [1.54, 1.807) is 12.1 Å². The summed E-state index contributed by atoms with van der Waals surface area (Å²) in [6.07, 6.45) is 0.453. The summed E-state index contributed by atoms with van der Waals surface area (Å²) in [7, 11) is 0. The molecule has 2 N–H and O–H groups in total. The first-order valence-corrected chi connectivity index (χ1v) is 4.52. The number of nitrogens with two attached hydrogens (primary N) is 1. The number of carbonyl (C=O) groups is 1. The van der Waals surface area contributed by atoms with E-state index in [1.807, 2.05) is 12.1 Å². The number of halogens is 1. The topological polar surface area (TPSA) is 55.5 Å². The van der Waals surface area contributed by atoms with Gasteiger partial charge in [-0.2, -0.15) is 0 Å². The molecular weight excluding hydrogens is 200 g/mol. The van der Waals surface area contributed by atoms with Crippen molar-refractivity contribution in [2.24, 2.45) is 10.7 Å². The molecule has 0 fully saturated rings. The van der Waals surface area contributed by atoms with Crippen molar-refractivity contribution in [2.75, 3.05) is 0 Å². The zero-order valence-electron chi connectivity index (χ0n) is 7.61. The highest BCUT2D eigenvalue weighted by molar-refractivity contribution is 6.30. The number of rotatable bonds is 3. The van der Waals surface area contributed by atoms with E-state index in [-0.39, 0.29) is 5.91 Å². The summed E-state index contributed by atoms with van der Waals surface area (Å²) in [4.78, 5) is 14.3. The Labute approximate surface area is 87.6 Å². The van der Waals surface area contributed by atoms with Gasteiger partial charge in [0.15, 0.2) is 0 Å². The minimum absolute atomic E-state index is 0.389. The van der Waals surface area contributed by atoms with Crippen LogP contribution in [-0.4, -0.2) is 18.7 Å². The van der Waals surface area contributed by atoms with Crippen LogP contribution in [0.2, 0.25) is 5.02 Å². The molecule has 14 heavy (non-hydrogen) atoms. The van der Waals surface area contributed by atoms with E-state index in [1.165, 1.54) is 0 Å². The minimum Gasteiger partial charge on any atom is -0.320 e. The maximum Gasteiger partial charge on any atom is 0.262 e. The number of hydrogen-bond donors (Lipinski definition) is 1. The van der Waals surface area contributed by atoms with Crippen molar-refractivity contribution in [2.45, 2.75) is 12.5 Å². The lowest BCUT2D eigenvalue weighted by atomic mass is 10.1. The molecule has 0 aliphatic carbocycles. The molecule has 0 unspecified atom stereocenters. The Bertz CT molecular complexity index is 334. The van der Waals surface area contributed by atoms with Gasteiger partial charge in [-0.25, -0.2) is 4.99 Å². The fourth-order valence-corrected chi connectivity index (χ4v) is 1.20. The van der Waals surface area contributed by atoms with Crippen molar-refractivity contribution >= 4 is 24.2 Å². The van der Waals surface area contributed by atoms with Crippen LogP contribution in [0.1, 0.15) is 5.56 Å². The van der Waals surface area contributed by atoms with Crippen LogP contribution >= 0.6 is 11.6 Å². The van der Waals surface area contributed by atoms with Crippen LogP contribution < -0.4 is 5.73 Å². The van der Waals surface area contributed by atoms with Gasteiger partial charge in [0.1, 0.15) is 0 Å². The average Bonchev–Trinajstić information content (AvgIpc) is 2.20. The van der Waals surface area contributed by atoms with Crippen molar-refractivity contribution < 1.29 is 4.79 Å². The molecule has 0 aliphatic heterocycles. The van der Waals surface area contributed by atoms with E-state index >= 15 is 0 Å². The molecule has 1 aromatic carbocycles. The second-order valence-electron chi connectivity index (χ2n) is 2.93. The monoisotopic (exact) mass is 210 g/mol. The Hall–Kier alpha value is -1.19. The Kier molecular flexibility index (Phi) is 3.80. The van der Waals surface area contributed by atoms with Crippen LogP contribution in [0.15, 0.2) is 29.3 Å². The number of carbonyl (C=O) groups excluding carboxylic acids is 1. The lowest BCUT2D eigenvalue weighted by Crippen LogP contribution is -2.31. The number of hydrogen-bond acceptors (Lipinski definition) is 2. The van der Waals surface area contributed by atoms with Gasteiger partial charge in [-0.1, -0.05) is 23.7 Å². The molecule has 0 aliphatic rings. The van der Waals surface area contributed by atoms with Crippen molar-refractivity contribution in [3.63, 3.8) is 0 Å². The summed E-state index contributed by atoms with van der Waals surface area (Å²) in [5.74, 6) is -0.389. The van der Waals surface area contributed by atoms with Gasteiger partial charge in [-0.05, 0) is 30.8 Å². The van der Waals surface area contributed by atoms with Gasteiger partial charge in [0.25, 0.3) is 5.91 Å². The quantitative estimate of drug-likeness (QED) is 0.768. The summed E-state index contributed by atoms with van der Waals surface area (Å²) in [5, 5.41) is 0.662. The lowest BCUT2D eigenvalue weighted by Gasteiger charge is -2.06. The molecule has 0 bridgehead atoms. The first kappa shape index (κ1) is 10.9. The third kappa shape index (κ3) is 2.94. The fraction of sp³-hybridized carbons (Fsp3) is 0.200. The van der Waals surface area contributed by atoms with E-state index in [0.717, 1.165) is 5.56 Å². The lowest BCUT2D eigenvalue weighted by molar-refractivity contribution is -0.118. The van der Waals surface area contributed by atoms with Gasteiger partial charge in [-0.15, -0.1) is 0 Å². The predicted octanol–water partition coefficient (Wildman–Crippen LogP) is 1.44. The van der Waals surface area contributed by atoms with Crippen LogP contribution in [0, 0.1) is 0 Å². The van der Waals surface area contributed by atoms with E-state index in [2.05, 4.69) is 11.7 Å². The Balaban J connectivity index is 2.64. The van der Waals surface area contributed by atoms with Crippen molar-refractivity contribution in [3.05, 3.63) is 34.9 Å². The van der Waals surface area contributed by atoms with Gasteiger partial charge in [-0.3, -0.25) is 4.79 Å². The van der Waals surface area contributed by atoms with Crippen LogP contribution in [0.3, 0.4) is 0 Å². The smallest absolute Gasteiger partial charge is 0.262 e. The van der Waals surface area contributed by atoms with Crippen molar-refractivity contribution in [3.8, 4) is 0 Å². The minimum atomic E-state index is -0.617. The summed E-state index contributed by atoms with van der Waals surface area (Å²) >= 11 is 5.71. The molecule has 3 nitrogen and oxygen atoms in total. The third-order valence-corrected chi connectivity index (χ3v) is 2.09. The normalized spacial score (nSPS) is 12.1. The molecule has 4 heteroatoms. The Morgan fingerprint density at radius 2 is 2.07 bits per heavy atom. The maximum absolute atomic E-state index is 11.0. The highest BCUT2D eigenvalue weighted by Crippen LogP contribution is 2.10. The highest BCUT2D eigenvalue weighted by Gasteiger charge is 2.11. The second kappa shape index (κ2) is 4.88. The van der Waals surface area contributed by atoms with Crippen molar-refractivity contribution in [1.82, 2.24) is 0 Å². The summed E-state index contributed by atoms with van der Waals surface area (Å²) in [6, 6.07) is 6.57. The highest BCUT2D eigenvalue weighted by atomic mass is 35.5. The van der Waals surface area contributed by atoms with E-state index in [0.29, 0.717) is 11.4 Å². The average molecular weight is 211 g/mol. The molecule has 0 radical (unpaired) electrons. The molecular formula is C10H11ClN2O. The van der Waals surface area contributed by atoms with Gasteiger partial charge in [0.2, 0.25) is 0 Å². The molecule has 1 aromatic rings. The van der Waals surface area contributed by atoms with Crippen LogP contribution in [0.5, 0.6) is 0 Å². The van der Waals surface area contributed by atoms with E-state index in [9.17, 15) is 4.79 Å².